The van der Waals surface area contributed by atoms with Crippen LogP contribution in [0.25, 0.3) is 11.1 Å². The Morgan fingerprint density at radius 2 is 1.53 bits per heavy atom. The summed E-state index contributed by atoms with van der Waals surface area (Å²) in [7, 11) is 0. The van der Waals surface area contributed by atoms with Gasteiger partial charge in [0.2, 0.25) is 0 Å². The molecule has 2 aromatic rings. The molecule has 1 heteroatoms. The van der Waals surface area contributed by atoms with E-state index >= 15 is 0 Å². The molecule has 0 unspecified atom stereocenters. The molecular formula is C18H18O. The molecule has 4 rings (SSSR count). The summed E-state index contributed by atoms with van der Waals surface area (Å²) in [5.41, 5.74) is 5.71. The van der Waals surface area contributed by atoms with Crippen LogP contribution in [0.3, 0.4) is 0 Å². The predicted octanol–water partition coefficient (Wildman–Crippen LogP) is 4.62. The molecule has 1 saturated carbocycles. The lowest BCUT2D eigenvalue weighted by Crippen LogP contribution is -2.27. The molecule has 0 saturated heterocycles. The Kier molecular flexibility index (Phi) is 2.26. The van der Waals surface area contributed by atoms with Crippen molar-refractivity contribution in [2.24, 2.45) is 0 Å². The van der Waals surface area contributed by atoms with Gasteiger partial charge in [-0.2, -0.15) is 0 Å². The van der Waals surface area contributed by atoms with Gasteiger partial charge in [-0.25, -0.2) is 0 Å². The van der Waals surface area contributed by atoms with Crippen molar-refractivity contribution in [1.82, 2.24) is 0 Å². The van der Waals surface area contributed by atoms with Crippen LogP contribution < -0.4 is 0 Å². The number of hydrogen-bond acceptors (Lipinski definition) is 1. The number of phenols is 1. The summed E-state index contributed by atoms with van der Waals surface area (Å²) in [6, 6.07) is 14.7. The molecule has 0 aromatic heterocycles. The van der Waals surface area contributed by atoms with E-state index in [9.17, 15) is 5.11 Å². The monoisotopic (exact) mass is 250 g/mol. The van der Waals surface area contributed by atoms with Crippen LogP contribution in [-0.4, -0.2) is 5.11 Å². The Labute approximate surface area is 113 Å². The number of hydrogen-bond donors (Lipinski definition) is 1. The van der Waals surface area contributed by atoms with Gasteiger partial charge in [-0.3, -0.25) is 0 Å². The molecule has 19 heavy (non-hydrogen) atoms. The summed E-state index contributed by atoms with van der Waals surface area (Å²) in [4.78, 5) is 0. The predicted molar refractivity (Wildman–Crippen MR) is 77.4 cm³/mol. The maximum Gasteiger partial charge on any atom is 0.115 e. The standard InChI is InChI=1S/C18H18O/c19-13-8-9-15-14-6-2-3-7-16(14)18(17(15)12-13)10-4-1-5-11-18/h2-3,6-9,12,19H,1,4-5,10-11H2. The molecule has 0 heterocycles. The summed E-state index contributed by atoms with van der Waals surface area (Å²) >= 11 is 0. The van der Waals surface area contributed by atoms with Crippen molar-refractivity contribution >= 4 is 0 Å². The van der Waals surface area contributed by atoms with Crippen LogP contribution in [0.2, 0.25) is 0 Å². The van der Waals surface area contributed by atoms with Crippen molar-refractivity contribution in [3.05, 3.63) is 53.6 Å². The third-order valence-electron chi connectivity index (χ3n) is 4.96. The van der Waals surface area contributed by atoms with Gasteiger partial charge in [-0.1, -0.05) is 49.6 Å². The zero-order chi connectivity index (χ0) is 12.9. The molecule has 2 aliphatic carbocycles. The van der Waals surface area contributed by atoms with E-state index in [1.807, 2.05) is 12.1 Å². The van der Waals surface area contributed by atoms with Crippen LogP contribution >= 0.6 is 0 Å². The van der Waals surface area contributed by atoms with Crippen molar-refractivity contribution in [3.8, 4) is 16.9 Å². The molecule has 1 nitrogen and oxygen atoms in total. The Bertz CT molecular complexity index is 636. The van der Waals surface area contributed by atoms with Crippen LogP contribution in [0.15, 0.2) is 42.5 Å². The summed E-state index contributed by atoms with van der Waals surface area (Å²) in [6.07, 6.45) is 6.38. The van der Waals surface area contributed by atoms with Crippen LogP contribution in [0.4, 0.5) is 0 Å². The fourth-order valence-electron chi connectivity index (χ4n) is 4.14. The average molecular weight is 250 g/mol. The first-order valence-electron chi connectivity index (χ1n) is 7.25. The van der Waals surface area contributed by atoms with E-state index in [1.165, 1.54) is 54.4 Å². The minimum atomic E-state index is 0.170. The molecule has 0 bridgehead atoms. The van der Waals surface area contributed by atoms with E-state index in [0.717, 1.165) is 0 Å². The Morgan fingerprint density at radius 3 is 2.37 bits per heavy atom. The van der Waals surface area contributed by atoms with Gasteiger partial charge in [0, 0.05) is 5.41 Å². The first-order valence-corrected chi connectivity index (χ1v) is 7.25. The first-order chi connectivity index (χ1) is 9.31. The van der Waals surface area contributed by atoms with Gasteiger partial charge in [0.05, 0.1) is 0 Å². The van der Waals surface area contributed by atoms with E-state index < -0.39 is 0 Å². The largest absolute Gasteiger partial charge is 0.508 e. The van der Waals surface area contributed by atoms with Crippen molar-refractivity contribution in [1.29, 1.82) is 0 Å². The van der Waals surface area contributed by atoms with E-state index in [2.05, 4.69) is 30.3 Å². The van der Waals surface area contributed by atoms with Gasteiger partial charge >= 0.3 is 0 Å². The molecule has 1 N–H and O–H groups in total. The van der Waals surface area contributed by atoms with Crippen molar-refractivity contribution in [2.45, 2.75) is 37.5 Å². The zero-order valence-electron chi connectivity index (χ0n) is 11.0. The second kappa shape index (κ2) is 3.86. The van der Waals surface area contributed by atoms with Gasteiger partial charge in [-0.05, 0) is 47.2 Å². The van der Waals surface area contributed by atoms with E-state index in [1.54, 1.807) is 0 Å². The molecule has 0 radical (unpaired) electrons. The number of benzene rings is 2. The summed E-state index contributed by atoms with van der Waals surface area (Å²) in [5.74, 6) is 0.400. The van der Waals surface area contributed by atoms with E-state index in [-0.39, 0.29) is 5.41 Å². The van der Waals surface area contributed by atoms with Gasteiger partial charge < -0.3 is 5.11 Å². The molecule has 0 aliphatic heterocycles. The molecule has 1 spiro atoms. The third kappa shape index (κ3) is 1.42. The second-order valence-electron chi connectivity index (χ2n) is 5.92. The van der Waals surface area contributed by atoms with E-state index in [0.29, 0.717) is 5.75 Å². The fourth-order valence-corrected chi connectivity index (χ4v) is 4.14. The highest BCUT2D eigenvalue weighted by molar-refractivity contribution is 5.81. The number of fused-ring (bicyclic) bond motifs is 5. The highest BCUT2D eigenvalue weighted by Gasteiger charge is 2.43. The zero-order valence-corrected chi connectivity index (χ0v) is 11.0. The molecule has 2 aromatic carbocycles. The lowest BCUT2D eigenvalue weighted by molar-refractivity contribution is 0.351. The van der Waals surface area contributed by atoms with Crippen LogP contribution in [0.1, 0.15) is 43.2 Å². The third-order valence-corrected chi connectivity index (χ3v) is 4.96. The first kappa shape index (κ1) is 11.1. The molecule has 0 amide bonds. The second-order valence-corrected chi connectivity index (χ2v) is 5.92. The van der Waals surface area contributed by atoms with Gasteiger partial charge in [0.1, 0.15) is 5.75 Å². The summed E-state index contributed by atoms with van der Waals surface area (Å²) in [6.45, 7) is 0. The Hall–Kier alpha value is -1.76. The van der Waals surface area contributed by atoms with E-state index in [4.69, 9.17) is 0 Å². The maximum atomic E-state index is 9.89. The molecule has 1 fully saturated rings. The minimum absolute atomic E-state index is 0.170. The lowest BCUT2D eigenvalue weighted by Gasteiger charge is -2.35. The maximum absolute atomic E-state index is 9.89. The molecular weight excluding hydrogens is 232 g/mol. The molecule has 0 atom stereocenters. The number of phenolic OH excluding ortho intramolecular Hbond substituents is 1. The normalized spacial score (nSPS) is 19.2. The number of rotatable bonds is 0. The summed E-state index contributed by atoms with van der Waals surface area (Å²) < 4.78 is 0. The van der Waals surface area contributed by atoms with Gasteiger partial charge in [0.15, 0.2) is 0 Å². The number of aromatic hydroxyl groups is 1. The fraction of sp³-hybridized carbons (Fsp3) is 0.333. The van der Waals surface area contributed by atoms with Crippen molar-refractivity contribution < 1.29 is 5.11 Å². The van der Waals surface area contributed by atoms with Crippen LogP contribution in [0.5, 0.6) is 5.75 Å². The van der Waals surface area contributed by atoms with Crippen molar-refractivity contribution in [3.63, 3.8) is 0 Å². The summed E-state index contributed by atoms with van der Waals surface area (Å²) in [5, 5.41) is 9.89. The SMILES string of the molecule is Oc1ccc2c(c1)C1(CCCCC1)c1ccccc1-2. The highest BCUT2D eigenvalue weighted by atomic mass is 16.3. The minimum Gasteiger partial charge on any atom is -0.508 e. The molecule has 96 valence electrons. The smallest absolute Gasteiger partial charge is 0.115 e. The van der Waals surface area contributed by atoms with Gasteiger partial charge in [0.25, 0.3) is 0 Å². The lowest BCUT2D eigenvalue weighted by atomic mass is 9.68. The topological polar surface area (TPSA) is 20.2 Å². The Morgan fingerprint density at radius 1 is 0.789 bits per heavy atom. The quantitative estimate of drug-likeness (QED) is 0.723. The Balaban J connectivity index is 2.03. The highest BCUT2D eigenvalue weighted by Crippen LogP contribution is 2.56. The van der Waals surface area contributed by atoms with Crippen LogP contribution in [-0.2, 0) is 5.41 Å². The van der Waals surface area contributed by atoms with Gasteiger partial charge in [-0.15, -0.1) is 0 Å². The molecule has 2 aliphatic rings. The van der Waals surface area contributed by atoms with Crippen molar-refractivity contribution in [2.75, 3.05) is 0 Å². The van der Waals surface area contributed by atoms with Crippen LogP contribution in [0, 0.1) is 0 Å². The average Bonchev–Trinajstić information content (AvgIpc) is 2.71.